The van der Waals surface area contributed by atoms with Gasteiger partial charge in [-0.2, -0.15) is 0 Å². The summed E-state index contributed by atoms with van der Waals surface area (Å²) in [7, 11) is 0. The summed E-state index contributed by atoms with van der Waals surface area (Å²) in [5, 5.41) is 12.9. The Labute approximate surface area is 202 Å². The first-order valence-electron chi connectivity index (χ1n) is 10.7. The van der Waals surface area contributed by atoms with E-state index in [2.05, 4.69) is 15.5 Å². The van der Waals surface area contributed by atoms with Crippen molar-refractivity contribution in [1.29, 1.82) is 0 Å². The number of carbonyl (C=O) groups is 3. The number of hydrogen-bond donors (Lipinski definition) is 1. The molecular weight excluding hydrogens is 474 g/mol. The Kier molecular flexibility index (Phi) is 4.89. The van der Waals surface area contributed by atoms with Crippen molar-refractivity contribution in [2.45, 2.75) is 25.8 Å². The van der Waals surface area contributed by atoms with Crippen molar-refractivity contribution in [1.82, 2.24) is 20.1 Å². The molecule has 168 valence electrons. The Bertz CT molecular complexity index is 1500. The third-order valence-corrected chi connectivity index (χ3v) is 7.12. The van der Waals surface area contributed by atoms with Crippen LogP contribution < -0.4 is 5.32 Å². The van der Waals surface area contributed by atoms with Crippen LogP contribution in [0.25, 0.3) is 10.9 Å². The molecule has 4 aromatic rings. The third-order valence-electron chi connectivity index (χ3n) is 6.06. The summed E-state index contributed by atoms with van der Waals surface area (Å²) in [6.45, 7) is -0.0108. The van der Waals surface area contributed by atoms with Gasteiger partial charge in [0, 0.05) is 16.1 Å². The van der Waals surface area contributed by atoms with Crippen LogP contribution in [0.2, 0.25) is 5.02 Å². The molecule has 0 fully saturated rings. The fraction of sp³-hybridized carbons (Fsp3) is 0.167. The van der Waals surface area contributed by atoms with E-state index < -0.39 is 0 Å². The van der Waals surface area contributed by atoms with Crippen molar-refractivity contribution in [2.75, 3.05) is 5.32 Å². The van der Waals surface area contributed by atoms with Crippen molar-refractivity contribution < 1.29 is 14.4 Å². The lowest BCUT2D eigenvalue weighted by Gasteiger charge is -2.12. The summed E-state index contributed by atoms with van der Waals surface area (Å²) in [4.78, 5) is 44.4. The lowest BCUT2D eigenvalue weighted by molar-refractivity contribution is 0.0641. The van der Waals surface area contributed by atoms with Crippen LogP contribution in [0.3, 0.4) is 0 Å². The quantitative estimate of drug-likeness (QED) is 0.429. The molecule has 0 saturated carbocycles. The monoisotopic (exact) mass is 489 g/mol. The molecule has 0 unspecified atom stereocenters. The number of aryl methyl sites for hydroxylation is 1. The van der Waals surface area contributed by atoms with Crippen LogP contribution in [0, 0.1) is 0 Å². The SMILES string of the molecule is O=C(Nc1nnc(CN2C(=O)c3ccccc3C2=O)s1)c1c2c(nc3ccc(Cl)cc13)CCC2. The second-order valence-corrected chi connectivity index (χ2v) is 9.62. The highest BCUT2D eigenvalue weighted by atomic mass is 35.5. The minimum Gasteiger partial charge on any atom is -0.296 e. The van der Waals surface area contributed by atoms with Crippen molar-refractivity contribution >= 4 is 56.7 Å². The largest absolute Gasteiger partial charge is 0.296 e. The molecule has 0 bridgehead atoms. The number of halogens is 1. The van der Waals surface area contributed by atoms with Gasteiger partial charge in [0.2, 0.25) is 5.13 Å². The molecule has 8 nitrogen and oxygen atoms in total. The Balaban J connectivity index is 1.26. The Morgan fingerprint density at radius 3 is 2.59 bits per heavy atom. The average Bonchev–Trinajstić information content (AvgIpc) is 3.53. The van der Waals surface area contributed by atoms with Crippen LogP contribution in [0.15, 0.2) is 42.5 Å². The fourth-order valence-corrected chi connectivity index (χ4v) is 5.44. The molecule has 1 aliphatic carbocycles. The summed E-state index contributed by atoms with van der Waals surface area (Å²) in [5.74, 6) is -1.04. The lowest BCUT2D eigenvalue weighted by Crippen LogP contribution is -2.29. The molecule has 1 aliphatic heterocycles. The number of carbonyl (C=O) groups excluding carboxylic acids is 3. The van der Waals surface area contributed by atoms with Gasteiger partial charge in [-0.1, -0.05) is 35.1 Å². The van der Waals surface area contributed by atoms with Crippen LogP contribution in [-0.4, -0.2) is 37.8 Å². The molecule has 6 rings (SSSR count). The van der Waals surface area contributed by atoms with E-state index in [9.17, 15) is 14.4 Å². The van der Waals surface area contributed by atoms with E-state index in [0.29, 0.717) is 32.1 Å². The number of nitrogens with one attached hydrogen (secondary N) is 1. The number of fused-ring (bicyclic) bond motifs is 3. The van der Waals surface area contributed by atoms with Crippen LogP contribution in [0.1, 0.15) is 53.8 Å². The number of pyridine rings is 1. The number of benzene rings is 2. The van der Waals surface area contributed by atoms with Crippen LogP contribution in [0.4, 0.5) is 5.13 Å². The first kappa shape index (κ1) is 20.9. The van der Waals surface area contributed by atoms with E-state index in [4.69, 9.17) is 16.6 Å². The zero-order valence-electron chi connectivity index (χ0n) is 17.7. The molecule has 0 spiro atoms. The normalized spacial score (nSPS) is 14.6. The van der Waals surface area contributed by atoms with E-state index in [0.717, 1.165) is 52.3 Å². The molecular formula is C24H16ClN5O3S. The second-order valence-electron chi connectivity index (χ2n) is 8.12. The molecule has 2 aliphatic rings. The molecule has 34 heavy (non-hydrogen) atoms. The molecule has 0 atom stereocenters. The Hall–Kier alpha value is -3.69. The van der Waals surface area contributed by atoms with E-state index >= 15 is 0 Å². The molecule has 2 aromatic carbocycles. The number of rotatable bonds is 4. The number of nitrogens with zero attached hydrogens (tertiary/aromatic N) is 4. The third kappa shape index (κ3) is 3.36. The van der Waals surface area contributed by atoms with E-state index in [-0.39, 0.29) is 29.4 Å². The van der Waals surface area contributed by atoms with Crippen molar-refractivity contribution in [3.8, 4) is 0 Å². The maximum Gasteiger partial charge on any atom is 0.261 e. The number of imide groups is 1. The number of amides is 3. The highest BCUT2D eigenvalue weighted by Gasteiger charge is 2.35. The predicted octanol–water partition coefficient (Wildman–Crippen LogP) is 4.28. The number of hydrogen-bond acceptors (Lipinski definition) is 7. The van der Waals surface area contributed by atoms with Crippen LogP contribution in [0.5, 0.6) is 0 Å². The molecule has 0 radical (unpaired) electrons. The van der Waals surface area contributed by atoms with Gasteiger partial charge in [0.05, 0.1) is 28.8 Å². The first-order valence-corrected chi connectivity index (χ1v) is 11.9. The molecule has 1 N–H and O–H groups in total. The van der Waals surface area contributed by atoms with E-state index in [1.54, 1.807) is 36.4 Å². The first-order chi connectivity index (χ1) is 16.5. The second kappa shape index (κ2) is 7.96. The zero-order chi connectivity index (χ0) is 23.4. The molecule has 2 aromatic heterocycles. The van der Waals surface area contributed by atoms with Crippen molar-refractivity contribution in [3.05, 3.63) is 80.4 Å². The summed E-state index contributed by atoms with van der Waals surface area (Å²) < 4.78 is 0. The van der Waals surface area contributed by atoms with Gasteiger partial charge in [0.15, 0.2) is 0 Å². The minimum absolute atomic E-state index is 0.0108. The van der Waals surface area contributed by atoms with E-state index in [1.165, 1.54) is 0 Å². The highest BCUT2D eigenvalue weighted by molar-refractivity contribution is 7.15. The van der Waals surface area contributed by atoms with Gasteiger partial charge in [-0.3, -0.25) is 29.6 Å². The fourth-order valence-electron chi connectivity index (χ4n) is 4.54. The van der Waals surface area contributed by atoms with Gasteiger partial charge >= 0.3 is 0 Å². The molecule has 3 heterocycles. The lowest BCUT2D eigenvalue weighted by atomic mass is 10.0. The number of anilines is 1. The van der Waals surface area contributed by atoms with Gasteiger partial charge in [-0.15, -0.1) is 10.2 Å². The summed E-state index contributed by atoms with van der Waals surface area (Å²) in [6.07, 6.45) is 2.54. The molecule has 10 heteroatoms. The number of aromatic nitrogens is 3. The van der Waals surface area contributed by atoms with Gasteiger partial charge in [-0.25, -0.2) is 0 Å². The summed E-state index contributed by atoms with van der Waals surface area (Å²) >= 11 is 7.33. The Morgan fingerprint density at radius 2 is 1.82 bits per heavy atom. The van der Waals surface area contributed by atoms with Gasteiger partial charge in [0.25, 0.3) is 17.7 Å². The maximum atomic E-state index is 13.3. The van der Waals surface area contributed by atoms with Crippen LogP contribution in [-0.2, 0) is 19.4 Å². The summed E-state index contributed by atoms with van der Waals surface area (Å²) in [5.41, 5.74) is 3.90. The highest BCUT2D eigenvalue weighted by Crippen LogP contribution is 2.32. The van der Waals surface area contributed by atoms with E-state index in [1.807, 2.05) is 6.07 Å². The van der Waals surface area contributed by atoms with Crippen molar-refractivity contribution in [2.24, 2.45) is 0 Å². The zero-order valence-corrected chi connectivity index (χ0v) is 19.2. The molecule has 3 amide bonds. The van der Waals surface area contributed by atoms with Gasteiger partial charge in [-0.05, 0) is 55.2 Å². The predicted molar refractivity (Wildman–Crippen MR) is 127 cm³/mol. The maximum absolute atomic E-state index is 13.3. The van der Waals surface area contributed by atoms with Crippen molar-refractivity contribution in [3.63, 3.8) is 0 Å². The minimum atomic E-state index is -0.364. The molecule has 0 saturated heterocycles. The average molecular weight is 490 g/mol. The smallest absolute Gasteiger partial charge is 0.261 e. The van der Waals surface area contributed by atoms with Crippen LogP contribution >= 0.6 is 22.9 Å². The van der Waals surface area contributed by atoms with Gasteiger partial charge in [0.1, 0.15) is 5.01 Å². The standard InChI is InChI=1S/C24H16ClN5O3S/c25-12-8-9-18-16(10-12)20(15-6-3-7-17(15)26-18)21(31)27-24-29-28-19(34-24)11-30-22(32)13-4-1-2-5-14(13)23(30)33/h1-2,4-5,8-10H,3,6-7,11H2,(H,27,29,31). The Morgan fingerprint density at radius 1 is 1.06 bits per heavy atom. The van der Waals surface area contributed by atoms with Gasteiger partial charge < -0.3 is 0 Å². The summed E-state index contributed by atoms with van der Waals surface area (Å²) in [6, 6.07) is 12.0. The topological polar surface area (TPSA) is 105 Å².